The lowest BCUT2D eigenvalue weighted by Crippen LogP contribution is -2.48. The van der Waals surface area contributed by atoms with Crippen molar-refractivity contribution in [2.75, 3.05) is 19.7 Å². The Labute approximate surface area is 102 Å². The van der Waals surface area contributed by atoms with Gasteiger partial charge in [-0.2, -0.15) is 0 Å². The maximum absolute atomic E-state index is 11.9. The third kappa shape index (κ3) is 4.34. The molecule has 1 N–H and O–H groups in total. The molecule has 1 fully saturated rings. The zero-order valence-electron chi connectivity index (χ0n) is 10.5. The van der Waals surface area contributed by atoms with E-state index in [2.05, 4.69) is 13.8 Å². The van der Waals surface area contributed by atoms with Crippen LogP contribution in [0.1, 0.15) is 33.1 Å². The van der Waals surface area contributed by atoms with Gasteiger partial charge in [-0.3, -0.25) is 4.79 Å². The summed E-state index contributed by atoms with van der Waals surface area (Å²) >= 11 is 0. The summed E-state index contributed by atoms with van der Waals surface area (Å²) in [5.41, 5.74) is 0. The normalized spacial score (nSPS) is 22.2. The van der Waals surface area contributed by atoms with E-state index < -0.39 is 12.1 Å². The summed E-state index contributed by atoms with van der Waals surface area (Å²) in [7, 11) is 0. The van der Waals surface area contributed by atoms with E-state index in [1.54, 1.807) is 4.90 Å². The number of aliphatic carboxylic acids is 1. The lowest BCUT2D eigenvalue weighted by Gasteiger charge is -2.31. The number of carboxylic acids is 1. The highest BCUT2D eigenvalue weighted by Gasteiger charge is 2.29. The Balaban J connectivity index is 2.43. The monoisotopic (exact) mass is 243 g/mol. The summed E-state index contributed by atoms with van der Waals surface area (Å²) in [6, 6.07) is 0. The molecule has 2 unspecified atom stereocenters. The van der Waals surface area contributed by atoms with Crippen LogP contribution in [0.3, 0.4) is 0 Å². The molecule has 0 saturated carbocycles. The molecule has 2 atom stereocenters. The molecule has 0 aliphatic carbocycles. The second-order valence-corrected chi connectivity index (χ2v) is 4.64. The molecule has 5 nitrogen and oxygen atoms in total. The first kappa shape index (κ1) is 14.0. The fourth-order valence-electron chi connectivity index (χ4n) is 2.05. The number of ether oxygens (including phenoxy) is 1. The van der Waals surface area contributed by atoms with Crippen LogP contribution in [-0.4, -0.2) is 47.7 Å². The number of amides is 1. The second-order valence-electron chi connectivity index (χ2n) is 4.64. The highest BCUT2D eigenvalue weighted by atomic mass is 16.5. The predicted octanol–water partition coefficient (Wildman–Crippen LogP) is 1.12. The summed E-state index contributed by atoms with van der Waals surface area (Å²) < 4.78 is 5.08. The van der Waals surface area contributed by atoms with Crippen molar-refractivity contribution in [3.63, 3.8) is 0 Å². The van der Waals surface area contributed by atoms with Crippen LogP contribution in [0.2, 0.25) is 0 Å². The number of carbonyl (C=O) groups excluding carboxylic acids is 1. The minimum atomic E-state index is -0.996. The molecular formula is C12H21NO4. The quantitative estimate of drug-likeness (QED) is 0.786. The number of nitrogens with zero attached hydrogens (tertiary/aromatic N) is 1. The fourth-order valence-corrected chi connectivity index (χ4v) is 2.05. The molecule has 1 heterocycles. The van der Waals surface area contributed by atoms with Gasteiger partial charge in [0.2, 0.25) is 5.91 Å². The first-order chi connectivity index (χ1) is 8.04. The van der Waals surface area contributed by atoms with Crippen LogP contribution in [0.4, 0.5) is 0 Å². The molecule has 1 aliphatic rings. The summed E-state index contributed by atoms with van der Waals surface area (Å²) in [5, 5.41) is 8.84. The summed E-state index contributed by atoms with van der Waals surface area (Å²) in [6.45, 7) is 5.13. The van der Waals surface area contributed by atoms with E-state index in [4.69, 9.17) is 9.84 Å². The smallest absolute Gasteiger partial charge is 0.334 e. The zero-order valence-corrected chi connectivity index (χ0v) is 10.5. The van der Waals surface area contributed by atoms with Gasteiger partial charge in [-0.05, 0) is 5.92 Å². The molecule has 0 radical (unpaired) electrons. The number of carboxylic acid groups (broad SMARTS) is 1. The van der Waals surface area contributed by atoms with Crippen molar-refractivity contribution in [3.8, 4) is 0 Å². The Morgan fingerprint density at radius 2 is 2.24 bits per heavy atom. The van der Waals surface area contributed by atoms with Crippen molar-refractivity contribution < 1.29 is 19.4 Å². The highest BCUT2D eigenvalue weighted by Crippen LogP contribution is 2.14. The van der Waals surface area contributed by atoms with Gasteiger partial charge in [0.1, 0.15) is 0 Å². The molecular weight excluding hydrogens is 222 g/mol. The SMILES string of the molecule is CCCC(C)CC(=O)N1CCOC(C(=O)O)C1. The molecule has 1 saturated heterocycles. The van der Waals surface area contributed by atoms with E-state index in [1.165, 1.54) is 0 Å². The number of rotatable bonds is 5. The van der Waals surface area contributed by atoms with Gasteiger partial charge < -0.3 is 14.7 Å². The molecule has 1 amide bonds. The van der Waals surface area contributed by atoms with Crippen LogP contribution in [0.15, 0.2) is 0 Å². The lowest BCUT2D eigenvalue weighted by molar-refractivity contribution is -0.159. The Hall–Kier alpha value is -1.10. The van der Waals surface area contributed by atoms with E-state index in [0.717, 1.165) is 12.8 Å². The Morgan fingerprint density at radius 3 is 2.82 bits per heavy atom. The van der Waals surface area contributed by atoms with Gasteiger partial charge in [0.05, 0.1) is 13.2 Å². The average molecular weight is 243 g/mol. The van der Waals surface area contributed by atoms with Crippen molar-refractivity contribution in [1.82, 2.24) is 4.90 Å². The molecule has 1 rings (SSSR count). The van der Waals surface area contributed by atoms with Crippen molar-refractivity contribution in [2.45, 2.75) is 39.2 Å². The third-order valence-corrected chi connectivity index (χ3v) is 3.00. The van der Waals surface area contributed by atoms with Gasteiger partial charge in [-0.25, -0.2) is 4.79 Å². The lowest BCUT2D eigenvalue weighted by atomic mass is 10.0. The zero-order chi connectivity index (χ0) is 12.8. The maximum Gasteiger partial charge on any atom is 0.334 e. The minimum Gasteiger partial charge on any atom is -0.479 e. The highest BCUT2D eigenvalue weighted by molar-refractivity contribution is 5.78. The molecule has 0 aromatic carbocycles. The number of carbonyl (C=O) groups is 2. The molecule has 17 heavy (non-hydrogen) atoms. The summed E-state index contributed by atoms with van der Waals surface area (Å²) in [5.74, 6) is -0.594. The number of morpholine rings is 1. The largest absolute Gasteiger partial charge is 0.479 e. The van der Waals surface area contributed by atoms with E-state index in [9.17, 15) is 9.59 Å². The van der Waals surface area contributed by atoms with Crippen molar-refractivity contribution in [3.05, 3.63) is 0 Å². The van der Waals surface area contributed by atoms with E-state index in [-0.39, 0.29) is 12.5 Å². The molecule has 0 aromatic rings. The van der Waals surface area contributed by atoms with Gasteiger partial charge in [0.15, 0.2) is 6.10 Å². The van der Waals surface area contributed by atoms with Crippen LogP contribution in [0, 0.1) is 5.92 Å². The molecule has 5 heteroatoms. The molecule has 98 valence electrons. The first-order valence-electron chi connectivity index (χ1n) is 6.16. The molecule has 1 aliphatic heterocycles. The topological polar surface area (TPSA) is 66.8 Å². The van der Waals surface area contributed by atoms with E-state index in [1.807, 2.05) is 0 Å². The van der Waals surface area contributed by atoms with Crippen molar-refractivity contribution in [2.24, 2.45) is 5.92 Å². The minimum absolute atomic E-state index is 0.0421. The Bertz CT molecular complexity index is 280. The van der Waals surface area contributed by atoms with Crippen LogP contribution >= 0.6 is 0 Å². The number of hydrogen-bond donors (Lipinski definition) is 1. The van der Waals surface area contributed by atoms with Crippen molar-refractivity contribution in [1.29, 1.82) is 0 Å². The van der Waals surface area contributed by atoms with E-state index in [0.29, 0.717) is 25.5 Å². The maximum atomic E-state index is 11.9. The third-order valence-electron chi connectivity index (χ3n) is 3.00. The van der Waals surface area contributed by atoms with Gasteiger partial charge >= 0.3 is 5.97 Å². The van der Waals surface area contributed by atoms with Crippen molar-refractivity contribution >= 4 is 11.9 Å². The second kappa shape index (κ2) is 6.59. The summed E-state index contributed by atoms with van der Waals surface area (Å²) in [6.07, 6.45) is 1.72. The standard InChI is InChI=1S/C12H21NO4/c1-3-4-9(2)7-11(14)13-5-6-17-10(8-13)12(15)16/h9-10H,3-8H2,1-2H3,(H,15,16). The first-order valence-corrected chi connectivity index (χ1v) is 6.16. The predicted molar refractivity (Wildman–Crippen MR) is 62.6 cm³/mol. The Morgan fingerprint density at radius 1 is 1.53 bits per heavy atom. The van der Waals surface area contributed by atoms with Crippen LogP contribution in [-0.2, 0) is 14.3 Å². The van der Waals surface area contributed by atoms with Crippen LogP contribution < -0.4 is 0 Å². The van der Waals surface area contributed by atoms with Gasteiger partial charge in [0, 0.05) is 13.0 Å². The van der Waals surface area contributed by atoms with Crippen LogP contribution in [0.25, 0.3) is 0 Å². The molecule has 0 spiro atoms. The number of hydrogen-bond acceptors (Lipinski definition) is 3. The molecule has 0 bridgehead atoms. The Kier molecular flexibility index (Phi) is 5.41. The van der Waals surface area contributed by atoms with Gasteiger partial charge in [-0.1, -0.05) is 26.7 Å². The molecule has 0 aromatic heterocycles. The van der Waals surface area contributed by atoms with E-state index >= 15 is 0 Å². The van der Waals surface area contributed by atoms with Gasteiger partial charge in [-0.15, -0.1) is 0 Å². The van der Waals surface area contributed by atoms with Gasteiger partial charge in [0.25, 0.3) is 0 Å². The van der Waals surface area contributed by atoms with Crippen LogP contribution in [0.5, 0.6) is 0 Å². The fraction of sp³-hybridized carbons (Fsp3) is 0.833. The average Bonchev–Trinajstić information content (AvgIpc) is 2.29. The summed E-state index contributed by atoms with van der Waals surface area (Å²) in [4.78, 5) is 24.3.